The van der Waals surface area contributed by atoms with Crippen LogP contribution in [0.5, 0.6) is 0 Å². The lowest BCUT2D eigenvalue weighted by molar-refractivity contribution is 0.112. The molecule has 1 aromatic carbocycles. The van der Waals surface area contributed by atoms with Crippen molar-refractivity contribution < 1.29 is 4.79 Å². The number of aromatic nitrogens is 1. The smallest absolute Gasteiger partial charge is 0.150 e. The fourth-order valence-electron chi connectivity index (χ4n) is 1.49. The van der Waals surface area contributed by atoms with Gasteiger partial charge in [-0.2, -0.15) is 0 Å². The fourth-order valence-corrected chi connectivity index (χ4v) is 2.15. The summed E-state index contributed by atoms with van der Waals surface area (Å²) < 4.78 is 0. The third-order valence-electron chi connectivity index (χ3n) is 2.30. The zero-order valence-electron chi connectivity index (χ0n) is 8.43. The zero-order valence-corrected chi connectivity index (χ0v) is 9.25. The predicted octanol–water partition coefficient (Wildman–Crippen LogP) is 2.85. The van der Waals surface area contributed by atoms with Crippen molar-refractivity contribution in [1.82, 2.24) is 4.98 Å². The quantitative estimate of drug-likeness (QED) is 0.740. The summed E-state index contributed by atoms with van der Waals surface area (Å²) >= 11 is 1.65. The van der Waals surface area contributed by atoms with Crippen molar-refractivity contribution in [3.63, 3.8) is 0 Å². The zero-order chi connectivity index (χ0) is 10.7. The van der Waals surface area contributed by atoms with E-state index < -0.39 is 0 Å². The summed E-state index contributed by atoms with van der Waals surface area (Å²) in [6, 6.07) is 5.90. The molecule has 0 bridgehead atoms. The molecule has 0 N–H and O–H groups in total. The lowest BCUT2D eigenvalue weighted by Gasteiger charge is -2.02. The van der Waals surface area contributed by atoms with Gasteiger partial charge in [0, 0.05) is 23.6 Å². The molecule has 15 heavy (non-hydrogen) atoms. The highest BCUT2D eigenvalue weighted by atomic mass is 32.1. The van der Waals surface area contributed by atoms with Crippen molar-refractivity contribution >= 4 is 17.6 Å². The highest BCUT2D eigenvalue weighted by Crippen LogP contribution is 2.15. The van der Waals surface area contributed by atoms with Crippen LogP contribution in [0.1, 0.15) is 26.5 Å². The maximum Gasteiger partial charge on any atom is 0.150 e. The molecule has 0 radical (unpaired) electrons. The van der Waals surface area contributed by atoms with Crippen LogP contribution in [0.2, 0.25) is 0 Å². The molecule has 0 unspecified atom stereocenters. The van der Waals surface area contributed by atoms with Crippen LogP contribution in [0, 0.1) is 6.92 Å². The second kappa shape index (κ2) is 4.36. The molecule has 1 aromatic heterocycles. The molecule has 0 saturated carbocycles. The molecular weight excluding hydrogens is 206 g/mol. The van der Waals surface area contributed by atoms with E-state index in [9.17, 15) is 4.79 Å². The van der Waals surface area contributed by atoms with Gasteiger partial charge in [0.1, 0.15) is 6.29 Å². The van der Waals surface area contributed by atoms with Gasteiger partial charge >= 0.3 is 0 Å². The van der Waals surface area contributed by atoms with Crippen LogP contribution in [-0.2, 0) is 6.42 Å². The minimum Gasteiger partial charge on any atom is -0.298 e. The monoisotopic (exact) mass is 217 g/mol. The number of hydrogen-bond donors (Lipinski definition) is 0. The van der Waals surface area contributed by atoms with Crippen molar-refractivity contribution in [2.75, 3.05) is 0 Å². The second-order valence-electron chi connectivity index (χ2n) is 3.41. The number of thiazole rings is 1. The average molecular weight is 217 g/mol. The van der Waals surface area contributed by atoms with Crippen LogP contribution in [0.3, 0.4) is 0 Å². The molecule has 0 aliphatic heterocycles. The lowest BCUT2D eigenvalue weighted by Crippen LogP contribution is -1.91. The molecular formula is C12H11NOS. The number of benzene rings is 1. The number of carbonyl (C=O) groups is 1. The highest BCUT2D eigenvalue weighted by Gasteiger charge is 2.01. The number of hydrogen-bond acceptors (Lipinski definition) is 3. The topological polar surface area (TPSA) is 30.0 Å². The van der Waals surface area contributed by atoms with Crippen LogP contribution in [-0.4, -0.2) is 11.3 Å². The molecule has 2 nitrogen and oxygen atoms in total. The van der Waals surface area contributed by atoms with Gasteiger partial charge in [0.05, 0.1) is 5.01 Å². The number of carbonyl (C=O) groups excluding carboxylic acids is 1. The summed E-state index contributed by atoms with van der Waals surface area (Å²) in [7, 11) is 0. The maximum atomic E-state index is 10.6. The Bertz CT molecular complexity index is 462. The van der Waals surface area contributed by atoms with E-state index in [-0.39, 0.29) is 0 Å². The minimum absolute atomic E-state index is 0.762. The predicted molar refractivity (Wildman–Crippen MR) is 61.5 cm³/mol. The normalized spacial score (nSPS) is 10.2. The third-order valence-corrected chi connectivity index (χ3v) is 3.08. The molecule has 0 fully saturated rings. The Morgan fingerprint density at radius 1 is 1.47 bits per heavy atom. The van der Waals surface area contributed by atoms with E-state index in [1.807, 2.05) is 36.7 Å². The Kier molecular flexibility index (Phi) is 2.92. The molecule has 0 saturated heterocycles. The van der Waals surface area contributed by atoms with Crippen LogP contribution in [0.25, 0.3) is 0 Å². The van der Waals surface area contributed by atoms with E-state index in [0.717, 1.165) is 28.8 Å². The van der Waals surface area contributed by atoms with Gasteiger partial charge in [-0.05, 0) is 18.1 Å². The summed E-state index contributed by atoms with van der Waals surface area (Å²) in [5, 5.41) is 3.08. The first kappa shape index (κ1) is 10.1. The molecule has 0 aliphatic rings. The number of aldehydes is 1. The average Bonchev–Trinajstić information content (AvgIpc) is 2.71. The molecule has 2 rings (SSSR count). The molecule has 0 aliphatic carbocycles. The van der Waals surface area contributed by atoms with Gasteiger partial charge in [0.25, 0.3) is 0 Å². The summed E-state index contributed by atoms with van der Waals surface area (Å²) in [5.74, 6) is 0. The van der Waals surface area contributed by atoms with Crippen molar-refractivity contribution in [2.45, 2.75) is 13.3 Å². The van der Waals surface area contributed by atoms with E-state index in [1.54, 1.807) is 11.3 Å². The first-order valence-electron chi connectivity index (χ1n) is 4.72. The fraction of sp³-hybridized carbons (Fsp3) is 0.167. The molecule has 76 valence electrons. The van der Waals surface area contributed by atoms with E-state index in [0.29, 0.717) is 0 Å². The molecule has 1 heterocycles. The van der Waals surface area contributed by atoms with Gasteiger partial charge in [-0.15, -0.1) is 11.3 Å². The van der Waals surface area contributed by atoms with Crippen molar-refractivity contribution in [3.8, 4) is 0 Å². The van der Waals surface area contributed by atoms with Gasteiger partial charge in [-0.25, -0.2) is 4.98 Å². The Morgan fingerprint density at radius 3 is 2.93 bits per heavy atom. The van der Waals surface area contributed by atoms with Crippen molar-refractivity contribution in [1.29, 1.82) is 0 Å². The Balaban J connectivity index is 2.23. The summed E-state index contributed by atoms with van der Waals surface area (Å²) in [6.45, 7) is 1.95. The molecule has 0 spiro atoms. The highest BCUT2D eigenvalue weighted by molar-refractivity contribution is 7.09. The lowest BCUT2D eigenvalue weighted by atomic mass is 10.0. The van der Waals surface area contributed by atoms with Crippen molar-refractivity contribution in [3.05, 3.63) is 51.5 Å². The second-order valence-corrected chi connectivity index (χ2v) is 4.39. The number of rotatable bonds is 3. The van der Waals surface area contributed by atoms with Crippen LogP contribution in [0.4, 0.5) is 0 Å². The van der Waals surface area contributed by atoms with Gasteiger partial charge in [-0.3, -0.25) is 4.79 Å². The van der Waals surface area contributed by atoms with E-state index >= 15 is 0 Å². The van der Waals surface area contributed by atoms with E-state index in [2.05, 4.69) is 4.98 Å². The van der Waals surface area contributed by atoms with Crippen LogP contribution < -0.4 is 0 Å². The molecule has 0 atom stereocenters. The molecule has 3 heteroatoms. The van der Waals surface area contributed by atoms with Crippen molar-refractivity contribution in [2.24, 2.45) is 0 Å². The number of nitrogens with zero attached hydrogens (tertiary/aromatic N) is 1. The summed E-state index contributed by atoms with van der Waals surface area (Å²) in [5.41, 5.74) is 2.99. The van der Waals surface area contributed by atoms with Crippen LogP contribution in [0.15, 0.2) is 29.8 Å². The Hall–Kier alpha value is -1.48. The first-order chi connectivity index (χ1) is 7.29. The van der Waals surface area contributed by atoms with Gasteiger partial charge in [0.15, 0.2) is 0 Å². The summed E-state index contributed by atoms with van der Waals surface area (Å²) in [6.07, 6.45) is 3.55. The first-order valence-corrected chi connectivity index (χ1v) is 5.60. The summed E-state index contributed by atoms with van der Waals surface area (Å²) in [4.78, 5) is 14.9. The van der Waals surface area contributed by atoms with Gasteiger partial charge in [0.2, 0.25) is 0 Å². The Morgan fingerprint density at radius 2 is 2.33 bits per heavy atom. The molecule has 2 aromatic rings. The standard InChI is InChI=1S/C12H11NOS/c1-9-6-10(2-3-11(9)8-14)7-12-13-4-5-15-12/h2-6,8H,7H2,1H3. The van der Waals surface area contributed by atoms with E-state index in [1.165, 1.54) is 5.56 Å². The third kappa shape index (κ3) is 2.30. The van der Waals surface area contributed by atoms with Gasteiger partial charge in [-0.1, -0.05) is 18.2 Å². The van der Waals surface area contributed by atoms with Crippen LogP contribution >= 0.6 is 11.3 Å². The number of aryl methyl sites for hydroxylation is 1. The van der Waals surface area contributed by atoms with Gasteiger partial charge < -0.3 is 0 Å². The largest absolute Gasteiger partial charge is 0.298 e. The maximum absolute atomic E-state index is 10.6. The Labute approximate surface area is 92.6 Å². The van der Waals surface area contributed by atoms with E-state index in [4.69, 9.17) is 0 Å². The minimum atomic E-state index is 0.762. The SMILES string of the molecule is Cc1cc(Cc2nccs2)ccc1C=O. The molecule has 0 amide bonds.